The first-order valence-corrected chi connectivity index (χ1v) is 18.1. The van der Waals surface area contributed by atoms with Crippen LogP contribution in [0.5, 0.6) is 11.5 Å². The van der Waals surface area contributed by atoms with Crippen LogP contribution in [0.1, 0.15) is 95.4 Å². The topological polar surface area (TPSA) is 45.2 Å². The second kappa shape index (κ2) is 16.3. The molecule has 2 aliphatic rings. The zero-order valence-electron chi connectivity index (χ0n) is 29.3. The Morgan fingerprint density at radius 2 is 1.57 bits per heavy atom. The molecule has 2 atom stereocenters. The fraction of sp³-hybridized carbons (Fsp3) is 0.525. The van der Waals surface area contributed by atoms with E-state index in [2.05, 4.69) is 74.9 Å². The number of rotatable bonds is 14. The van der Waals surface area contributed by atoms with Gasteiger partial charge in [0, 0.05) is 36.0 Å². The van der Waals surface area contributed by atoms with Gasteiger partial charge in [0.2, 0.25) is 5.91 Å². The molecule has 0 spiro atoms. The number of halogens is 1. The Morgan fingerprint density at radius 3 is 2.17 bits per heavy atom. The first kappa shape index (κ1) is 35.1. The van der Waals surface area contributed by atoms with E-state index in [1.807, 2.05) is 35.2 Å². The van der Waals surface area contributed by atoms with E-state index in [-0.39, 0.29) is 24.5 Å². The maximum absolute atomic E-state index is 14.0. The zero-order valence-corrected chi connectivity index (χ0v) is 30.1. The number of carbonyl (C=O) groups is 1. The van der Waals surface area contributed by atoms with Crippen LogP contribution in [0.25, 0.3) is 0 Å². The quantitative estimate of drug-likeness (QED) is 0.173. The number of fused-ring (bicyclic) bond motifs is 1. The van der Waals surface area contributed by atoms with Crippen molar-refractivity contribution in [1.82, 2.24) is 4.90 Å². The number of benzene rings is 3. The average Bonchev–Trinajstić information content (AvgIpc) is 3.08. The molecule has 1 aliphatic heterocycles. The molecule has 0 N–H and O–H groups in total. The maximum atomic E-state index is 14.0. The molecule has 7 heteroatoms. The monoisotopic (exact) mass is 659 g/mol. The summed E-state index contributed by atoms with van der Waals surface area (Å²) >= 11 is 6.31. The third-order valence-electron chi connectivity index (χ3n) is 10.1. The van der Waals surface area contributed by atoms with Crippen LogP contribution in [-0.2, 0) is 11.2 Å². The van der Waals surface area contributed by atoms with Crippen LogP contribution in [-0.4, -0.2) is 56.7 Å². The molecule has 0 radical (unpaired) electrons. The van der Waals surface area contributed by atoms with Gasteiger partial charge in [0.05, 0.1) is 25.7 Å². The van der Waals surface area contributed by atoms with Crippen molar-refractivity contribution < 1.29 is 14.3 Å². The van der Waals surface area contributed by atoms with Crippen LogP contribution in [0.4, 0.5) is 11.4 Å². The molecule has 254 valence electrons. The number of hydrogen-bond donors (Lipinski definition) is 0. The van der Waals surface area contributed by atoms with Crippen molar-refractivity contribution in [3.05, 3.63) is 82.4 Å². The van der Waals surface area contributed by atoms with Crippen LogP contribution in [0, 0.1) is 5.92 Å². The summed E-state index contributed by atoms with van der Waals surface area (Å²) in [7, 11) is 3.85. The molecule has 6 nitrogen and oxygen atoms in total. The summed E-state index contributed by atoms with van der Waals surface area (Å²) in [5.74, 6) is 2.11. The molecule has 1 unspecified atom stereocenters. The first-order chi connectivity index (χ1) is 22.8. The Bertz CT molecular complexity index is 1450. The Hall–Kier alpha value is -3.22. The lowest BCUT2D eigenvalue weighted by atomic mass is 9.84. The summed E-state index contributed by atoms with van der Waals surface area (Å²) < 4.78 is 12.0. The number of nitrogens with zero attached hydrogens (tertiary/aromatic N) is 3. The molecule has 0 aromatic heterocycles. The van der Waals surface area contributed by atoms with E-state index in [0.29, 0.717) is 22.4 Å². The number of methoxy groups -OCH3 is 1. The Balaban J connectivity index is 1.37. The third kappa shape index (κ3) is 8.26. The summed E-state index contributed by atoms with van der Waals surface area (Å²) in [4.78, 5) is 21.0. The Kier molecular flexibility index (Phi) is 12.1. The van der Waals surface area contributed by atoms with E-state index >= 15 is 0 Å². The molecule has 1 heterocycles. The summed E-state index contributed by atoms with van der Waals surface area (Å²) in [5.41, 5.74) is 5.05. The molecule has 47 heavy (non-hydrogen) atoms. The van der Waals surface area contributed by atoms with Crippen molar-refractivity contribution in [3.63, 3.8) is 0 Å². The molecular formula is C40H54ClN3O3. The van der Waals surface area contributed by atoms with E-state index in [1.54, 1.807) is 7.11 Å². The Labute approximate surface area is 288 Å². The fourth-order valence-electron chi connectivity index (χ4n) is 7.48. The smallest absolute Gasteiger partial charge is 0.232 e. The highest BCUT2D eigenvalue weighted by atomic mass is 35.5. The average molecular weight is 660 g/mol. The number of hydrogen-bond acceptors (Lipinski definition) is 5. The van der Waals surface area contributed by atoms with Gasteiger partial charge < -0.3 is 24.2 Å². The van der Waals surface area contributed by atoms with E-state index in [4.69, 9.17) is 21.1 Å². The molecule has 3 aromatic carbocycles. The van der Waals surface area contributed by atoms with Crippen molar-refractivity contribution in [2.24, 2.45) is 5.92 Å². The van der Waals surface area contributed by atoms with Gasteiger partial charge in [-0.15, -0.1) is 0 Å². The second-order valence-corrected chi connectivity index (χ2v) is 14.0. The lowest BCUT2D eigenvalue weighted by molar-refractivity contribution is -0.118. The molecule has 3 aromatic rings. The van der Waals surface area contributed by atoms with Gasteiger partial charge in [-0.2, -0.15) is 0 Å². The zero-order chi connectivity index (χ0) is 33.5. The number of ether oxygens (including phenoxy) is 2. The minimum Gasteiger partial charge on any atom is -0.493 e. The molecule has 1 saturated carbocycles. The molecule has 0 bridgehead atoms. The normalized spacial score (nSPS) is 20.2. The van der Waals surface area contributed by atoms with Gasteiger partial charge in [0.15, 0.2) is 11.5 Å². The van der Waals surface area contributed by atoms with E-state index in [1.165, 1.54) is 57.3 Å². The standard InChI is InChI=1S/C40H54ClN3O3/c1-7-22-43(23-8-2)34-16-10-29(11-17-34)27-42(5)33-18-20-35(21-19-33)44-39(45)25-31-24-37(46-6)38(47-28(4)9-3)26-36(31)40(44)30-12-14-32(41)15-13-30/h12-15,18-21,24,26,28-29,34,40H,7-11,16-17,22-23,25,27H2,1-6H3/t28-,29-,34-,40?/m1/s1. The first-order valence-electron chi connectivity index (χ1n) is 17.8. The van der Waals surface area contributed by atoms with E-state index < -0.39 is 0 Å². The maximum Gasteiger partial charge on any atom is 0.232 e. The largest absolute Gasteiger partial charge is 0.493 e. The van der Waals surface area contributed by atoms with Gasteiger partial charge in [-0.05, 0) is 136 Å². The molecule has 1 aliphatic carbocycles. The van der Waals surface area contributed by atoms with Crippen LogP contribution in [0.3, 0.4) is 0 Å². The third-order valence-corrected chi connectivity index (χ3v) is 10.4. The SMILES string of the molecule is CCCN(CCC)[C@H]1CC[C@H](CN(C)c2ccc(N3C(=O)Cc4cc(OC)c(O[C@H](C)CC)cc4C3c3ccc(Cl)cc3)cc2)CC1. The molecular weight excluding hydrogens is 606 g/mol. The Morgan fingerprint density at radius 1 is 0.915 bits per heavy atom. The van der Waals surface area contributed by atoms with Crippen molar-refractivity contribution in [1.29, 1.82) is 0 Å². The van der Waals surface area contributed by atoms with Crippen molar-refractivity contribution in [2.45, 2.75) is 97.2 Å². The van der Waals surface area contributed by atoms with Crippen molar-refractivity contribution >= 4 is 28.9 Å². The van der Waals surface area contributed by atoms with E-state index in [9.17, 15) is 4.79 Å². The molecule has 5 rings (SSSR count). The van der Waals surface area contributed by atoms with Crippen LogP contribution in [0.15, 0.2) is 60.7 Å². The highest BCUT2D eigenvalue weighted by molar-refractivity contribution is 6.30. The van der Waals surface area contributed by atoms with Gasteiger partial charge in [-0.3, -0.25) is 4.79 Å². The highest BCUT2D eigenvalue weighted by Crippen LogP contribution is 2.44. The van der Waals surface area contributed by atoms with Crippen LogP contribution in [0.2, 0.25) is 5.02 Å². The van der Waals surface area contributed by atoms with Gasteiger partial charge >= 0.3 is 0 Å². The lowest BCUT2D eigenvalue weighted by Crippen LogP contribution is -2.41. The lowest BCUT2D eigenvalue weighted by Gasteiger charge is -2.39. The van der Waals surface area contributed by atoms with Gasteiger partial charge in [-0.25, -0.2) is 0 Å². The van der Waals surface area contributed by atoms with Crippen molar-refractivity contribution in [3.8, 4) is 11.5 Å². The molecule has 1 fully saturated rings. The minimum atomic E-state index is -0.326. The summed E-state index contributed by atoms with van der Waals surface area (Å²) in [6.45, 7) is 12.3. The minimum absolute atomic E-state index is 0.0358. The van der Waals surface area contributed by atoms with Gasteiger partial charge in [0.25, 0.3) is 0 Å². The van der Waals surface area contributed by atoms with Gasteiger partial charge in [0.1, 0.15) is 0 Å². The number of amides is 1. The number of anilines is 2. The predicted molar refractivity (Wildman–Crippen MR) is 195 cm³/mol. The molecule has 1 amide bonds. The highest BCUT2D eigenvalue weighted by Gasteiger charge is 2.36. The van der Waals surface area contributed by atoms with Crippen LogP contribution >= 0.6 is 11.6 Å². The second-order valence-electron chi connectivity index (χ2n) is 13.5. The van der Waals surface area contributed by atoms with Crippen molar-refractivity contribution in [2.75, 3.05) is 43.6 Å². The number of carbonyl (C=O) groups excluding carboxylic acids is 1. The fourth-order valence-corrected chi connectivity index (χ4v) is 7.61. The van der Waals surface area contributed by atoms with E-state index in [0.717, 1.165) is 41.4 Å². The summed E-state index contributed by atoms with van der Waals surface area (Å²) in [6.07, 6.45) is 8.85. The van der Waals surface area contributed by atoms with Gasteiger partial charge in [-0.1, -0.05) is 44.5 Å². The molecule has 0 saturated heterocycles. The summed E-state index contributed by atoms with van der Waals surface area (Å²) in [5, 5.41) is 0.665. The predicted octanol–water partition coefficient (Wildman–Crippen LogP) is 9.32. The summed E-state index contributed by atoms with van der Waals surface area (Å²) in [6, 6.07) is 20.8. The van der Waals surface area contributed by atoms with Crippen LogP contribution < -0.4 is 19.3 Å².